The Balaban J connectivity index is 4.38. The van der Waals surface area contributed by atoms with Gasteiger partial charge in [0.1, 0.15) is 18.3 Å². The van der Waals surface area contributed by atoms with Gasteiger partial charge in [-0.25, -0.2) is 9.36 Å². The van der Waals surface area contributed by atoms with Gasteiger partial charge in [-0.3, -0.25) is 4.52 Å². The zero-order chi connectivity index (χ0) is 14.5. The summed E-state index contributed by atoms with van der Waals surface area (Å²) in [6, 6.07) is 0. The van der Waals surface area contributed by atoms with Crippen molar-refractivity contribution in [3.05, 3.63) is 0 Å². The van der Waals surface area contributed by atoms with Crippen LogP contribution in [0.4, 0.5) is 0 Å². The molecule has 0 aliphatic heterocycles. The van der Waals surface area contributed by atoms with Crippen LogP contribution in [0.15, 0.2) is 0 Å². The summed E-state index contributed by atoms with van der Waals surface area (Å²) in [5, 5.41) is 44.7. The van der Waals surface area contributed by atoms with Crippen LogP contribution in [0.25, 0.3) is 0 Å². The average molecular weight is 277 g/mol. The molecule has 0 fully saturated rings. The molecular formula is C6H13O10P. The number of carboxylic acid groups (broad SMARTS) is 1. The van der Waals surface area contributed by atoms with E-state index in [4.69, 9.17) is 21.6 Å². The Labute approximate surface area is 96.4 Å². The maximum Gasteiger partial charge on any atom is 0.469 e. The van der Waals surface area contributed by atoms with Gasteiger partial charge < -0.3 is 35.3 Å². The van der Waals surface area contributed by atoms with Crippen molar-refractivity contribution >= 4 is 13.8 Å². The number of phosphoric acid groups is 1. The number of aliphatic hydroxyl groups is 4. The monoisotopic (exact) mass is 277 g/mol. The molecule has 0 bridgehead atoms. The largest absolute Gasteiger partial charge is 0.479 e. The molecule has 0 aromatic heterocycles. The minimum absolute atomic E-state index is 1.03. The Morgan fingerprint density at radius 2 is 1.82 bits per heavy atom. The molecule has 10 nitrogen and oxygen atoms in total. The molecule has 17 heavy (non-hydrogen) atoms. The molecule has 0 saturated carbocycles. The maximum atomic E-state index is 10.6. The molecule has 0 aromatic carbocycles. The normalized spacial score (nSPS) is 23.0. The van der Waals surface area contributed by atoms with Gasteiger partial charge in [-0.1, -0.05) is 0 Å². The van der Waals surface area contributed by atoms with Gasteiger partial charge in [0.2, 0.25) is 1.43 Å². The molecule has 0 heterocycles. The Morgan fingerprint density at radius 3 is 2.24 bits per heavy atom. The Kier molecular flexibility index (Phi) is 5.43. The standard InChI is InChI=1S/C6H13O10P/c7-2(1-16-17(13,14)15)3(8)4(9)5(10)6(11)12/h2-5,7-10H,1H2,(H,11,12)(H2,13,14,15)/t2-,3-,4+,5-/m1/s1/i/hD. The highest BCUT2D eigenvalue weighted by Crippen LogP contribution is 2.35. The lowest BCUT2D eigenvalue weighted by molar-refractivity contribution is -0.164. The molecule has 0 amide bonds. The summed E-state index contributed by atoms with van der Waals surface area (Å²) in [6.45, 7) is -1.03. The van der Waals surface area contributed by atoms with Crippen LogP contribution in [-0.4, -0.2) is 73.7 Å². The maximum absolute atomic E-state index is 10.6. The summed E-state index contributed by atoms with van der Waals surface area (Å²) in [7, 11) is -4.70. The fraction of sp³-hybridized carbons (Fsp3) is 0.833. The second kappa shape index (κ2) is 6.38. The number of rotatable bonds is 8. The summed E-state index contributed by atoms with van der Waals surface area (Å²) < 4.78 is 20.8. The minimum Gasteiger partial charge on any atom is -0.479 e. The first-order valence-electron chi connectivity index (χ1n) is 4.60. The number of carboxylic acids is 1. The quantitative estimate of drug-likeness (QED) is 0.221. The van der Waals surface area contributed by atoms with Crippen LogP contribution in [0.2, 0.25) is 0 Å². The van der Waals surface area contributed by atoms with Gasteiger partial charge in [0, 0.05) is 0 Å². The summed E-state index contributed by atoms with van der Waals surface area (Å²) in [5.41, 5.74) is 0. The van der Waals surface area contributed by atoms with Gasteiger partial charge >= 0.3 is 13.8 Å². The second-order valence-electron chi connectivity index (χ2n) is 3.10. The number of aliphatic carboxylic acids is 1. The lowest BCUT2D eigenvalue weighted by Gasteiger charge is -2.24. The molecule has 0 radical (unpaired) electrons. The highest BCUT2D eigenvalue weighted by molar-refractivity contribution is 7.46. The lowest BCUT2D eigenvalue weighted by atomic mass is 10.0. The zero-order valence-corrected chi connectivity index (χ0v) is 9.17. The number of carbonyl (C=O) groups is 1. The highest BCUT2D eigenvalue weighted by Gasteiger charge is 2.35. The molecule has 7 N–H and O–H groups in total. The Morgan fingerprint density at radius 1 is 1.29 bits per heavy atom. The number of hydrogen-bond acceptors (Lipinski definition) is 8. The Hall–Kier alpha value is -0.580. The van der Waals surface area contributed by atoms with Crippen LogP contribution in [0, 0.1) is 0 Å². The number of hydrogen-bond donors (Lipinski definition) is 7. The average Bonchev–Trinajstić information content (AvgIpc) is 2.33. The van der Waals surface area contributed by atoms with Gasteiger partial charge in [-0.15, -0.1) is 0 Å². The summed E-state index contributed by atoms with van der Waals surface area (Å²) >= 11 is 0. The van der Waals surface area contributed by atoms with E-state index in [9.17, 15) is 19.6 Å². The van der Waals surface area contributed by atoms with E-state index in [1.54, 1.807) is 0 Å². The van der Waals surface area contributed by atoms with Gasteiger partial charge in [0.15, 0.2) is 6.10 Å². The van der Waals surface area contributed by atoms with Crippen molar-refractivity contribution in [1.82, 2.24) is 0 Å². The van der Waals surface area contributed by atoms with E-state index in [0.717, 1.165) is 0 Å². The molecule has 11 heteroatoms. The minimum atomic E-state index is -4.70. The third-order valence-electron chi connectivity index (χ3n) is 1.73. The molecule has 102 valence electrons. The van der Waals surface area contributed by atoms with Crippen molar-refractivity contribution in [2.75, 3.05) is 6.61 Å². The van der Waals surface area contributed by atoms with E-state index >= 15 is 0 Å². The topological polar surface area (TPSA) is 185 Å². The van der Waals surface area contributed by atoms with Gasteiger partial charge in [-0.2, -0.15) is 0 Å². The smallest absolute Gasteiger partial charge is 0.469 e. The second-order valence-corrected chi connectivity index (χ2v) is 4.29. The van der Waals surface area contributed by atoms with E-state index in [2.05, 4.69) is 9.42 Å². The molecule has 0 aliphatic rings. The molecule has 0 aliphatic carbocycles. The number of aliphatic hydroxyl groups excluding tert-OH is 4. The summed E-state index contributed by atoms with van der Waals surface area (Å²) in [5.74, 6) is -1.84. The van der Waals surface area contributed by atoms with Crippen molar-refractivity contribution in [3.63, 3.8) is 0 Å². The molecule has 1 unspecified atom stereocenters. The van der Waals surface area contributed by atoms with E-state index in [-0.39, 0.29) is 0 Å². The zero-order valence-electron chi connectivity index (χ0n) is 9.28. The van der Waals surface area contributed by atoms with E-state index in [1.807, 2.05) is 0 Å². The fourth-order valence-corrected chi connectivity index (χ4v) is 1.17. The summed E-state index contributed by atoms with van der Waals surface area (Å²) in [4.78, 5) is 22.1. The predicted octanol–water partition coefficient (Wildman–Crippen LogP) is -3.38. The van der Waals surface area contributed by atoms with Crippen LogP contribution >= 0.6 is 7.82 Å². The Bertz CT molecular complexity index is 323. The first-order valence-corrected chi connectivity index (χ1v) is 5.69. The number of phosphoric ester groups is 1. The van der Waals surface area contributed by atoms with Crippen LogP contribution in [0.3, 0.4) is 0 Å². The van der Waals surface area contributed by atoms with Crippen LogP contribution in [-0.2, 0) is 13.9 Å². The molecule has 0 rings (SSSR count). The van der Waals surface area contributed by atoms with Gasteiger partial charge in [0.25, 0.3) is 0 Å². The van der Waals surface area contributed by atoms with Gasteiger partial charge in [0.05, 0.1) is 6.61 Å². The highest BCUT2D eigenvalue weighted by atomic mass is 31.2. The fourth-order valence-electron chi connectivity index (χ4n) is 0.830. The van der Waals surface area contributed by atoms with Crippen molar-refractivity contribution in [3.8, 4) is 0 Å². The van der Waals surface area contributed by atoms with Crippen LogP contribution < -0.4 is 0 Å². The van der Waals surface area contributed by atoms with Crippen molar-refractivity contribution in [2.24, 2.45) is 0 Å². The SMILES string of the molecule is [2H]OP(=O)(O)OC[C@@H](O)[C@@H](O)[C@H](O)[C@@H](O)C(=O)O. The first kappa shape index (κ1) is 14.5. The van der Waals surface area contributed by atoms with Gasteiger partial charge in [-0.05, 0) is 0 Å². The van der Waals surface area contributed by atoms with Crippen LogP contribution in [0.1, 0.15) is 0 Å². The molecular weight excluding hydrogens is 263 g/mol. The van der Waals surface area contributed by atoms with E-state index < -0.39 is 44.8 Å². The van der Waals surface area contributed by atoms with Crippen molar-refractivity contribution < 1.29 is 49.2 Å². The van der Waals surface area contributed by atoms with Crippen molar-refractivity contribution in [2.45, 2.75) is 24.4 Å². The molecule has 0 spiro atoms. The van der Waals surface area contributed by atoms with Crippen molar-refractivity contribution in [1.29, 1.82) is 1.43 Å². The van der Waals surface area contributed by atoms with E-state index in [0.29, 0.717) is 0 Å². The lowest BCUT2D eigenvalue weighted by Crippen LogP contribution is -2.48. The predicted molar refractivity (Wildman–Crippen MR) is 49.7 cm³/mol. The first-order chi connectivity index (χ1) is 8.12. The molecule has 0 aromatic rings. The molecule has 0 saturated heterocycles. The third kappa shape index (κ3) is 6.05. The molecule has 5 atom stereocenters. The summed E-state index contributed by atoms with van der Waals surface area (Å²) in [6.07, 6.45) is -8.73. The third-order valence-corrected chi connectivity index (χ3v) is 2.20. The van der Waals surface area contributed by atoms with E-state index in [1.165, 1.54) is 0 Å². The van der Waals surface area contributed by atoms with Crippen LogP contribution in [0.5, 0.6) is 0 Å².